The summed E-state index contributed by atoms with van der Waals surface area (Å²) < 4.78 is 11.3. The summed E-state index contributed by atoms with van der Waals surface area (Å²) in [6, 6.07) is 13.8. The second kappa shape index (κ2) is 9.07. The van der Waals surface area contributed by atoms with Crippen LogP contribution in [0.15, 0.2) is 47.5 Å². The highest BCUT2D eigenvalue weighted by Gasteiger charge is 2.33. The average molecular weight is 398 g/mol. The van der Waals surface area contributed by atoms with Gasteiger partial charge in [-0.1, -0.05) is 30.3 Å². The molecule has 0 amide bonds. The van der Waals surface area contributed by atoms with Crippen molar-refractivity contribution in [2.45, 2.75) is 45.3 Å². The van der Waals surface area contributed by atoms with Crippen LogP contribution in [0.2, 0.25) is 0 Å². The molecule has 1 aliphatic heterocycles. The molecule has 6 heteroatoms. The summed E-state index contributed by atoms with van der Waals surface area (Å²) in [6.07, 6.45) is 1.46. The van der Waals surface area contributed by atoms with Crippen LogP contribution in [0.5, 0.6) is 17.2 Å². The number of phenolic OH excluding ortho intramolecular Hbond substituents is 1. The molecule has 1 atom stereocenters. The predicted molar refractivity (Wildman–Crippen MR) is 116 cm³/mol. The zero-order chi connectivity index (χ0) is 20.9. The summed E-state index contributed by atoms with van der Waals surface area (Å²) in [4.78, 5) is 4.72. The number of aliphatic imine (C=N–C) groups is 1. The molecule has 0 saturated heterocycles. The number of ether oxygens (including phenoxy) is 2. The molecule has 1 heterocycles. The van der Waals surface area contributed by atoms with Gasteiger partial charge in [0.25, 0.3) is 0 Å². The monoisotopic (exact) mass is 397 g/mol. The standard InChI is InChI=1S/C23H31N3O3/c1-5-24-22(25-14-13-16-9-8-12-20(28-4)21(16)27)26-18-15-23(2,3)29-19-11-7-6-10-17(18)19/h6-12,18,27H,5,13-15H2,1-4H3,(H2,24,25,26). The van der Waals surface area contributed by atoms with Crippen LogP contribution in [0.4, 0.5) is 0 Å². The van der Waals surface area contributed by atoms with E-state index in [4.69, 9.17) is 14.5 Å². The van der Waals surface area contributed by atoms with E-state index in [0.717, 1.165) is 35.8 Å². The lowest BCUT2D eigenvalue weighted by Gasteiger charge is -2.38. The van der Waals surface area contributed by atoms with E-state index in [0.29, 0.717) is 18.7 Å². The van der Waals surface area contributed by atoms with E-state index in [9.17, 15) is 5.11 Å². The van der Waals surface area contributed by atoms with Gasteiger partial charge in [0.1, 0.15) is 11.4 Å². The third-order valence-corrected chi connectivity index (χ3v) is 4.99. The number of nitrogens with zero attached hydrogens (tertiary/aromatic N) is 1. The van der Waals surface area contributed by atoms with Crippen LogP contribution < -0.4 is 20.1 Å². The number of fused-ring (bicyclic) bond motifs is 1. The number of aromatic hydroxyl groups is 1. The predicted octanol–water partition coefficient (Wildman–Crippen LogP) is 3.80. The Morgan fingerprint density at radius 2 is 2.03 bits per heavy atom. The van der Waals surface area contributed by atoms with Crippen LogP contribution >= 0.6 is 0 Å². The minimum Gasteiger partial charge on any atom is -0.504 e. The highest BCUT2D eigenvalue weighted by atomic mass is 16.5. The van der Waals surface area contributed by atoms with Gasteiger partial charge >= 0.3 is 0 Å². The highest BCUT2D eigenvalue weighted by molar-refractivity contribution is 5.80. The van der Waals surface area contributed by atoms with Crippen molar-refractivity contribution in [3.8, 4) is 17.2 Å². The highest BCUT2D eigenvalue weighted by Crippen LogP contribution is 2.39. The van der Waals surface area contributed by atoms with Crippen molar-refractivity contribution in [1.82, 2.24) is 10.6 Å². The van der Waals surface area contributed by atoms with E-state index in [-0.39, 0.29) is 17.4 Å². The van der Waals surface area contributed by atoms with E-state index >= 15 is 0 Å². The maximum absolute atomic E-state index is 10.3. The third-order valence-electron chi connectivity index (χ3n) is 4.99. The Labute approximate surface area is 173 Å². The van der Waals surface area contributed by atoms with Gasteiger partial charge in [-0.25, -0.2) is 0 Å². The molecule has 6 nitrogen and oxygen atoms in total. The minimum atomic E-state index is -0.254. The molecular formula is C23H31N3O3. The topological polar surface area (TPSA) is 75.1 Å². The van der Waals surface area contributed by atoms with Crippen LogP contribution in [-0.2, 0) is 6.42 Å². The molecule has 0 radical (unpaired) electrons. The number of para-hydroxylation sites is 2. The molecule has 2 aromatic rings. The molecule has 0 aromatic heterocycles. The molecule has 156 valence electrons. The first-order valence-corrected chi connectivity index (χ1v) is 10.1. The maximum Gasteiger partial charge on any atom is 0.191 e. The SMILES string of the molecule is CCNC(=NCCc1cccc(OC)c1O)NC1CC(C)(C)Oc2ccccc21. The fourth-order valence-corrected chi connectivity index (χ4v) is 3.64. The van der Waals surface area contributed by atoms with E-state index < -0.39 is 0 Å². The van der Waals surface area contributed by atoms with Gasteiger partial charge in [0.05, 0.1) is 13.2 Å². The molecule has 0 bridgehead atoms. The largest absolute Gasteiger partial charge is 0.504 e. The number of benzene rings is 2. The van der Waals surface area contributed by atoms with Crippen LogP contribution in [0.1, 0.15) is 44.4 Å². The number of rotatable bonds is 6. The zero-order valence-corrected chi connectivity index (χ0v) is 17.7. The van der Waals surface area contributed by atoms with Gasteiger partial charge in [0.2, 0.25) is 0 Å². The fraction of sp³-hybridized carbons (Fsp3) is 0.435. The number of nitrogens with one attached hydrogen (secondary N) is 2. The van der Waals surface area contributed by atoms with Crippen molar-refractivity contribution in [2.24, 2.45) is 4.99 Å². The molecule has 0 fully saturated rings. The quantitative estimate of drug-likeness (QED) is 0.511. The Morgan fingerprint density at radius 1 is 1.24 bits per heavy atom. The van der Waals surface area contributed by atoms with Crippen molar-refractivity contribution >= 4 is 5.96 Å². The van der Waals surface area contributed by atoms with Gasteiger partial charge in [-0.3, -0.25) is 4.99 Å². The molecule has 3 rings (SSSR count). The lowest BCUT2D eigenvalue weighted by atomic mass is 9.90. The molecule has 1 aliphatic rings. The molecule has 2 aromatic carbocycles. The Bertz CT molecular complexity index is 864. The van der Waals surface area contributed by atoms with E-state index in [1.807, 2.05) is 37.3 Å². The second-order valence-corrected chi connectivity index (χ2v) is 7.78. The first-order chi connectivity index (χ1) is 13.9. The Balaban J connectivity index is 1.73. The van der Waals surface area contributed by atoms with Crippen molar-refractivity contribution < 1.29 is 14.6 Å². The smallest absolute Gasteiger partial charge is 0.191 e. The van der Waals surface area contributed by atoms with Crippen LogP contribution in [0.25, 0.3) is 0 Å². The summed E-state index contributed by atoms with van der Waals surface area (Å²) in [7, 11) is 1.55. The molecule has 0 spiro atoms. The first kappa shape index (κ1) is 20.8. The third kappa shape index (κ3) is 5.13. The number of hydrogen-bond acceptors (Lipinski definition) is 4. The molecule has 1 unspecified atom stereocenters. The maximum atomic E-state index is 10.3. The summed E-state index contributed by atoms with van der Waals surface area (Å²) in [6.45, 7) is 7.57. The first-order valence-electron chi connectivity index (χ1n) is 10.1. The Morgan fingerprint density at radius 3 is 2.79 bits per heavy atom. The van der Waals surface area contributed by atoms with Gasteiger partial charge < -0.3 is 25.2 Å². The normalized spacial score (nSPS) is 17.8. The van der Waals surface area contributed by atoms with Crippen molar-refractivity contribution in [2.75, 3.05) is 20.2 Å². The van der Waals surface area contributed by atoms with Gasteiger partial charge in [0.15, 0.2) is 17.5 Å². The lowest BCUT2D eigenvalue weighted by Crippen LogP contribution is -2.45. The molecule has 29 heavy (non-hydrogen) atoms. The number of phenols is 1. The molecular weight excluding hydrogens is 366 g/mol. The van der Waals surface area contributed by atoms with Gasteiger partial charge in [-0.15, -0.1) is 0 Å². The van der Waals surface area contributed by atoms with Gasteiger partial charge in [-0.05, 0) is 44.9 Å². The van der Waals surface area contributed by atoms with E-state index in [1.165, 1.54) is 0 Å². The summed E-state index contributed by atoms with van der Waals surface area (Å²) >= 11 is 0. The molecule has 0 aliphatic carbocycles. The van der Waals surface area contributed by atoms with Crippen molar-refractivity contribution in [3.05, 3.63) is 53.6 Å². The van der Waals surface area contributed by atoms with Crippen molar-refractivity contribution in [1.29, 1.82) is 0 Å². The second-order valence-electron chi connectivity index (χ2n) is 7.78. The van der Waals surface area contributed by atoms with Crippen LogP contribution in [-0.4, -0.2) is 36.9 Å². The fourth-order valence-electron chi connectivity index (χ4n) is 3.64. The van der Waals surface area contributed by atoms with Crippen LogP contribution in [0.3, 0.4) is 0 Å². The average Bonchev–Trinajstić information content (AvgIpc) is 2.68. The Kier molecular flexibility index (Phi) is 6.52. The lowest BCUT2D eigenvalue weighted by molar-refractivity contribution is 0.0694. The number of guanidine groups is 1. The molecule has 0 saturated carbocycles. The Hall–Kier alpha value is -2.89. The van der Waals surface area contributed by atoms with Gasteiger partial charge in [0, 0.05) is 25.1 Å². The number of hydrogen-bond donors (Lipinski definition) is 3. The minimum absolute atomic E-state index is 0.109. The van der Waals surface area contributed by atoms with Gasteiger partial charge in [-0.2, -0.15) is 0 Å². The van der Waals surface area contributed by atoms with E-state index in [1.54, 1.807) is 13.2 Å². The van der Waals surface area contributed by atoms with Crippen molar-refractivity contribution in [3.63, 3.8) is 0 Å². The number of methoxy groups -OCH3 is 1. The summed E-state index contributed by atoms with van der Waals surface area (Å²) in [5, 5.41) is 17.2. The van der Waals surface area contributed by atoms with Crippen LogP contribution in [0, 0.1) is 0 Å². The summed E-state index contributed by atoms with van der Waals surface area (Å²) in [5.41, 5.74) is 1.71. The zero-order valence-electron chi connectivity index (χ0n) is 17.7. The van der Waals surface area contributed by atoms with E-state index in [2.05, 4.69) is 30.5 Å². The molecule has 3 N–H and O–H groups in total. The summed E-state index contributed by atoms with van der Waals surface area (Å²) in [5.74, 6) is 2.34.